The minimum Gasteiger partial charge on any atom is -0.468 e. The maximum Gasteiger partial charge on any atom is 0.271 e. The van der Waals surface area contributed by atoms with Crippen molar-refractivity contribution in [3.8, 4) is 5.75 Å². The number of amides is 1. The molecule has 0 aliphatic heterocycles. The number of aromatic nitrogens is 2. The van der Waals surface area contributed by atoms with E-state index in [9.17, 15) is 13.6 Å². The van der Waals surface area contributed by atoms with E-state index in [0.717, 1.165) is 12.1 Å². The third-order valence-corrected chi connectivity index (χ3v) is 2.74. The summed E-state index contributed by atoms with van der Waals surface area (Å²) in [6, 6.07) is 4.53. The molecule has 0 saturated carbocycles. The van der Waals surface area contributed by atoms with Crippen molar-refractivity contribution in [1.82, 2.24) is 15.1 Å². The number of benzene rings is 1. The summed E-state index contributed by atoms with van der Waals surface area (Å²) in [6.07, 6.45) is 1.52. The highest BCUT2D eigenvalue weighted by Crippen LogP contribution is 2.17. The van der Waals surface area contributed by atoms with Crippen molar-refractivity contribution < 1.29 is 18.3 Å². The van der Waals surface area contributed by atoms with Gasteiger partial charge in [0.15, 0.2) is 18.3 Å². The molecule has 1 amide bonds. The largest absolute Gasteiger partial charge is 0.468 e. The minimum absolute atomic E-state index is 0.0898. The second-order valence-corrected chi connectivity index (χ2v) is 4.52. The van der Waals surface area contributed by atoms with Crippen LogP contribution in [0.15, 0.2) is 30.5 Å². The van der Waals surface area contributed by atoms with Gasteiger partial charge in [0.1, 0.15) is 11.5 Å². The molecule has 1 aromatic carbocycles. The van der Waals surface area contributed by atoms with Crippen LogP contribution in [0.5, 0.6) is 5.75 Å². The minimum atomic E-state index is -0.797. The monoisotopic (exact) mass is 313 g/mol. The maximum absolute atomic E-state index is 13.4. The van der Waals surface area contributed by atoms with E-state index in [1.807, 2.05) is 0 Å². The van der Waals surface area contributed by atoms with E-state index in [2.05, 4.69) is 23.0 Å². The number of halogens is 2. The normalized spacial score (nSPS) is 10.4. The fraction of sp³-hybridized carbons (Fsp3) is 0.231. The summed E-state index contributed by atoms with van der Waals surface area (Å²) in [5.74, 6) is -1.36. The molecule has 112 valence electrons. The van der Waals surface area contributed by atoms with Gasteiger partial charge in [-0.15, -0.1) is 0 Å². The van der Waals surface area contributed by atoms with Crippen molar-refractivity contribution in [3.63, 3.8) is 0 Å². The van der Waals surface area contributed by atoms with Crippen LogP contribution >= 0.6 is 12.6 Å². The number of carbonyl (C=O) groups excluding carboxylic acids is 1. The van der Waals surface area contributed by atoms with E-state index < -0.39 is 11.6 Å². The van der Waals surface area contributed by atoms with Crippen molar-refractivity contribution in [1.29, 1.82) is 0 Å². The molecule has 1 heterocycles. The van der Waals surface area contributed by atoms with Gasteiger partial charge in [0, 0.05) is 24.6 Å². The topological polar surface area (TPSA) is 56.2 Å². The van der Waals surface area contributed by atoms with E-state index in [1.165, 1.54) is 23.0 Å². The Labute approximate surface area is 125 Å². The van der Waals surface area contributed by atoms with Crippen LogP contribution in [0.25, 0.3) is 0 Å². The smallest absolute Gasteiger partial charge is 0.271 e. The van der Waals surface area contributed by atoms with Crippen molar-refractivity contribution in [2.45, 2.75) is 6.73 Å². The van der Waals surface area contributed by atoms with Gasteiger partial charge < -0.3 is 10.1 Å². The zero-order valence-corrected chi connectivity index (χ0v) is 11.8. The molecule has 0 fully saturated rings. The molecule has 0 radical (unpaired) electrons. The van der Waals surface area contributed by atoms with Gasteiger partial charge in [-0.3, -0.25) is 4.79 Å². The lowest BCUT2D eigenvalue weighted by molar-refractivity contribution is 0.0949. The molecule has 2 aromatic rings. The molecular weight excluding hydrogens is 300 g/mol. The third kappa shape index (κ3) is 4.19. The predicted octanol–water partition coefficient (Wildman–Crippen LogP) is 1.86. The molecule has 1 aromatic heterocycles. The lowest BCUT2D eigenvalue weighted by Gasteiger charge is -2.07. The SMILES string of the molecule is O=C(NCCS)c1ccn(COc2ccc(F)cc2F)n1. The number of nitrogens with zero attached hydrogens (tertiary/aromatic N) is 2. The first-order valence-corrected chi connectivity index (χ1v) is 6.74. The Hall–Kier alpha value is -2.09. The van der Waals surface area contributed by atoms with Gasteiger partial charge in [-0.25, -0.2) is 13.5 Å². The van der Waals surface area contributed by atoms with Crippen LogP contribution in [0.3, 0.4) is 0 Å². The molecule has 21 heavy (non-hydrogen) atoms. The first kappa shape index (κ1) is 15.3. The molecule has 1 N–H and O–H groups in total. The van der Waals surface area contributed by atoms with Crippen LogP contribution in [0.2, 0.25) is 0 Å². The average molecular weight is 313 g/mol. The molecule has 0 bridgehead atoms. The lowest BCUT2D eigenvalue weighted by atomic mass is 10.3. The first-order chi connectivity index (χ1) is 10.1. The quantitative estimate of drug-likeness (QED) is 0.800. The van der Waals surface area contributed by atoms with E-state index in [4.69, 9.17) is 4.74 Å². The van der Waals surface area contributed by atoms with Gasteiger partial charge in [-0.05, 0) is 18.2 Å². The molecule has 8 heteroatoms. The summed E-state index contributed by atoms with van der Waals surface area (Å²) in [5, 5.41) is 6.60. The highest BCUT2D eigenvalue weighted by Gasteiger charge is 2.09. The second kappa shape index (κ2) is 7.07. The van der Waals surface area contributed by atoms with Gasteiger partial charge in [-0.1, -0.05) is 0 Å². The zero-order chi connectivity index (χ0) is 15.2. The maximum atomic E-state index is 13.4. The number of ether oxygens (including phenoxy) is 1. The van der Waals surface area contributed by atoms with Crippen molar-refractivity contribution in [2.75, 3.05) is 12.3 Å². The van der Waals surface area contributed by atoms with E-state index in [-0.39, 0.29) is 24.1 Å². The molecular formula is C13H13F2N3O2S. The van der Waals surface area contributed by atoms with Crippen LogP contribution in [-0.4, -0.2) is 28.0 Å². The summed E-state index contributed by atoms with van der Waals surface area (Å²) in [4.78, 5) is 11.6. The summed E-state index contributed by atoms with van der Waals surface area (Å²) < 4.78 is 32.6. The number of hydrogen-bond acceptors (Lipinski definition) is 4. The Morgan fingerprint density at radius 1 is 1.38 bits per heavy atom. The molecule has 0 spiro atoms. The summed E-state index contributed by atoms with van der Waals surface area (Å²) in [5.41, 5.74) is 0.222. The van der Waals surface area contributed by atoms with Crippen LogP contribution in [0.1, 0.15) is 10.5 Å². The van der Waals surface area contributed by atoms with Gasteiger partial charge in [0.2, 0.25) is 0 Å². The van der Waals surface area contributed by atoms with E-state index >= 15 is 0 Å². The average Bonchev–Trinajstić information content (AvgIpc) is 2.93. The molecule has 2 rings (SSSR count). The Balaban J connectivity index is 1.95. The van der Waals surface area contributed by atoms with E-state index in [1.54, 1.807) is 0 Å². The number of thiol groups is 1. The molecule has 0 aliphatic carbocycles. The van der Waals surface area contributed by atoms with Gasteiger partial charge >= 0.3 is 0 Å². The van der Waals surface area contributed by atoms with Crippen molar-refractivity contribution >= 4 is 18.5 Å². The Morgan fingerprint density at radius 2 is 2.19 bits per heavy atom. The van der Waals surface area contributed by atoms with Crippen LogP contribution in [0.4, 0.5) is 8.78 Å². The number of carbonyl (C=O) groups is 1. The standard InChI is InChI=1S/C13H13F2N3O2S/c14-9-1-2-12(10(15)7-9)20-8-18-5-3-11(17-18)13(19)16-4-6-21/h1-3,5,7,21H,4,6,8H2,(H,16,19). The fourth-order valence-electron chi connectivity index (χ4n) is 1.54. The first-order valence-electron chi connectivity index (χ1n) is 6.10. The molecule has 0 saturated heterocycles. The molecule has 0 aliphatic rings. The zero-order valence-electron chi connectivity index (χ0n) is 10.9. The Bertz CT molecular complexity index is 634. The van der Waals surface area contributed by atoms with Gasteiger partial charge in [-0.2, -0.15) is 17.7 Å². The summed E-state index contributed by atoms with van der Waals surface area (Å²) >= 11 is 3.98. The van der Waals surface area contributed by atoms with Crippen LogP contribution < -0.4 is 10.1 Å². The highest BCUT2D eigenvalue weighted by molar-refractivity contribution is 7.80. The van der Waals surface area contributed by atoms with Gasteiger partial charge in [0.25, 0.3) is 5.91 Å². The summed E-state index contributed by atoms with van der Waals surface area (Å²) in [7, 11) is 0. The van der Waals surface area contributed by atoms with Crippen molar-refractivity contribution in [3.05, 3.63) is 47.8 Å². The second-order valence-electron chi connectivity index (χ2n) is 4.07. The van der Waals surface area contributed by atoms with Crippen LogP contribution in [-0.2, 0) is 6.73 Å². The van der Waals surface area contributed by atoms with Gasteiger partial charge in [0.05, 0.1) is 0 Å². The van der Waals surface area contributed by atoms with Crippen LogP contribution in [0, 0.1) is 11.6 Å². The number of rotatable bonds is 6. The Morgan fingerprint density at radius 3 is 2.90 bits per heavy atom. The molecule has 0 unspecified atom stereocenters. The summed E-state index contributed by atoms with van der Waals surface area (Å²) in [6.45, 7) is 0.342. The third-order valence-electron chi connectivity index (χ3n) is 2.52. The Kier molecular flexibility index (Phi) is 5.15. The lowest BCUT2D eigenvalue weighted by Crippen LogP contribution is -2.26. The predicted molar refractivity (Wildman–Crippen MR) is 75.4 cm³/mol. The number of hydrogen-bond donors (Lipinski definition) is 2. The highest BCUT2D eigenvalue weighted by atomic mass is 32.1. The molecule has 0 atom stereocenters. The fourth-order valence-corrected chi connectivity index (χ4v) is 1.65. The number of nitrogens with one attached hydrogen (secondary N) is 1. The van der Waals surface area contributed by atoms with E-state index in [0.29, 0.717) is 12.3 Å². The molecule has 5 nitrogen and oxygen atoms in total. The van der Waals surface area contributed by atoms with Crippen molar-refractivity contribution in [2.24, 2.45) is 0 Å².